The molecule has 2 aliphatic heterocycles. The minimum absolute atomic E-state index is 0.285. The molecule has 0 bridgehead atoms. The lowest BCUT2D eigenvalue weighted by atomic mass is 9.72. The van der Waals surface area contributed by atoms with Crippen molar-refractivity contribution >= 4 is 29.3 Å². The van der Waals surface area contributed by atoms with Crippen molar-refractivity contribution in [2.45, 2.75) is 26.0 Å². The van der Waals surface area contributed by atoms with Crippen LogP contribution in [-0.2, 0) is 9.59 Å². The predicted octanol–water partition coefficient (Wildman–Crippen LogP) is 2.55. The Bertz CT molecular complexity index is 974. The summed E-state index contributed by atoms with van der Waals surface area (Å²) < 4.78 is 11.0. The number of hydrogen-bond donors (Lipinski definition) is 2. The SMILES string of the molecule is C[C@@H](SC1=C(C#N)C(C)(C)[C@@H](C#N)C(=O)N1)C(=O)Nc1ccc2c(c1)OCCO2. The standard InChI is InChI=1S/C20H20N4O4S/c1-11(17(25)23-12-4-5-15-16(8-12)28-7-6-27-15)29-19-14(10-22)20(2,3)13(9-21)18(26)24-19/h4-5,8,11,13H,6-7H2,1-3H3,(H,23,25)(H,24,26)/t11-,13+/m1/s1. The number of fused-ring (bicyclic) bond motifs is 1. The van der Waals surface area contributed by atoms with E-state index in [-0.39, 0.29) is 11.5 Å². The largest absolute Gasteiger partial charge is 0.486 e. The highest BCUT2D eigenvalue weighted by Gasteiger charge is 2.45. The Kier molecular flexibility index (Phi) is 5.71. The van der Waals surface area contributed by atoms with E-state index in [1.54, 1.807) is 39.0 Å². The number of thioether (sulfide) groups is 1. The number of amides is 2. The van der Waals surface area contributed by atoms with Crippen LogP contribution in [0.15, 0.2) is 28.8 Å². The number of nitrogens with zero attached hydrogens (tertiary/aromatic N) is 2. The molecular formula is C20H20N4O4S. The van der Waals surface area contributed by atoms with Gasteiger partial charge in [-0.2, -0.15) is 10.5 Å². The summed E-state index contributed by atoms with van der Waals surface area (Å²) in [5.41, 5.74) is -0.105. The van der Waals surface area contributed by atoms with Gasteiger partial charge in [0, 0.05) is 17.2 Å². The van der Waals surface area contributed by atoms with Crippen LogP contribution in [0.2, 0.25) is 0 Å². The molecule has 0 aromatic heterocycles. The zero-order valence-corrected chi connectivity index (χ0v) is 17.1. The van der Waals surface area contributed by atoms with E-state index in [1.807, 2.05) is 6.07 Å². The lowest BCUT2D eigenvalue weighted by molar-refractivity contribution is -0.125. The van der Waals surface area contributed by atoms with Crippen molar-refractivity contribution in [1.82, 2.24) is 5.32 Å². The zero-order chi connectivity index (χ0) is 21.2. The van der Waals surface area contributed by atoms with Crippen molar-refractivity contribution < 1.29 is 19.1 Å². The Hall–Kier alpha value is -3.17. The fourth-order valence-corrected chi connectivity index (χ4v) is 4.22. The number of benzene rings is 1. The van der Waals surface area contributed by atoms with Gasteiger partial charge in [0.25, 0.3) is 0 Å². The fraction of sp³-hybridized carbons (Fsp3) is 0.400. The smallest absolute Gasteiger partial charge is 0.243 e. The van der Waals surface area contributed by atoms with Crippen molar-refractivity contribution in [3.8, 4) is 23.6 Å². The van der Waals surface area contributed by atoms with Gasteiger partial charge in [-0.15, -0.1) is 0 Å². The number of carbonyl (C=O) groups is 2. The van der Waals surface area contributed by atoms with Crippen molar-refractivity contribution in [3.05, 3.63) is 28.8 Å². The average molecular weight is 412 g/mol. The maximum Gasteiger partial charge on any atom is 0.243 e. The molecule has 1 aromatic carbocycles. The summed E-state index contributed by atoms with van der Waals surface area (Å²) in [6.45, 7) is 5.96. The first-order valence-corrected chi connectivity index (χ1v) is 9.88. The Morgan fingerprint density at radius 2 is 2.00 bits per heavy atom. The second-order valence-corrected chi connectivity index (χ2v) is 8.55. The van der Waals surface area contributed by atoms with Crippen LogP contribution in [0, 0.1) is 34.0 Å². The summed E-state index contributed by atoms with van der Waals surface area (Å²) in [7, 11) is 0. The van der Waals surface area contributed by atoms with E-state index < -0.39 is 22.5 Å². The number of anilines is 1. The molecule has 2 amide bonds. The number of carbonyl (C=O) groups excluding carboxylic acids is 2. The number of nitriles is 2. The monoisotopic (exact) mass is 412 g/mol. The molecule has 29 heavy (non-hydrogen) atoms. The highest BCUT2D eigenvalue weighted by molar-refractivity contribution is 8.04. The highest BCUT2D eigenvalue weighted by Crippen LogP contribution is 2.42. The van der Waals surface area contributed by atoms with E-state index in [0.717, 1.165) is 11.8 Å². The second kappa shape index (κ2) is 8.06. The Morgan fingerprint density at radius 3 is 2.66 bits per heavy atom. The number of nitrogens with one attached hydrogen (secondary N) is 2. The molecule has 0 saturated heterocycles. The molecule has 150 valence electrons. The summed E-state index contributed by atoms with van der Waals surface area (Å²) in [6.07, 6.45) is 0. The molecule has 0 aliphatic carbocycles. The third-order valence-corrected chi connectivity index (χ3v) is 5.92. The van der Waals surface area contributed by atoms with Gasteiger partial charge in [-0.3, -0.25) is 9.59 Å². The molecule has 2 atom stereocenters. The number of rotatable bonds is 4. The molecule has 0 saturated carbocycles. The maximum atomic E-state index is 12.6. The van der Waals surface area contributed by atoms with E-state index in [9.17, 15) is 20.1 Å². The summed E-state index contributed by atoms with van der Waals surface area (Å²) in [5.74, 6) is -0.555. The van der Waals surface area contributed by atoms with Crippen molar-refractivity contribution in [1.29, 1.82) is 10.5 Å². The van der Waals surface area contributed by atoms with Gasteiger partial charge in [-0.25, -0.2) is 0 Å². The summed E-state index contributed by atoms with van der Waals surface area (Å²) in [6, 6.07) is 9.17. The molecule has 0 unspecified atom stereocenters. The third kappa shape index (κ3) is 4.01. The van der Waals surface area contributed by atoms with E-state index >= 15 is 0 Å². The third-order valence-electron chi connectivity index (χ3n) is 4.81. The van der Waals surface area contributed by atoms with Gasteiger partial charge in [0.1, 0.15) is 19.1 Å². The van der Waals surface area contributed by atoms with Crippen LogP contribution in [0.25, 0.3) is 0 Å². The fourth-order valence-electron chi connectivity index (χ4n) is 3.11. The highest BCUT2D eigenvalue weighted by atomic mass is 32.2. The number of ether oxygens (including phenoxy) is 2. The molecule has 2 heterocycles. The first-order chi connectivity index (χ1) is 13.8. The van der Waals surface area contributed by atoms with Crippen molar-refractivity contribution in [2.75, 3.05) is 18.5 Å². The second-order valence-electron chi connectivity index (χ2n) is 7.20. The van der Waals surface area contributed by atoms with Gasteiger partial charge in [0.15, 0.2) is 11.5 Å². The molecular weight excluding hydrogens is 392 g/mol. The van der Waals surface area contributed by atoms with E-state index in [4.69, 9.17) is 9.47 Å². The molecule has 0 fully saturated rings. The average Bonchev–Trinajstić information content (AvgIpc) is 2.67. The molecule has 2 aliphatic rings. The summed E-state index contributed by atoms with van der Waals surface area (Å²) in [5, 5.41) is 24.0. The van der Waals surface area contributed by atoms with Gasteiger partial charge in [0.2, 0.25) is 11.8 Å². The van der Waals surface area contributed by atoms with Crippen LogP contribution < -0.4 is 20.1 Å². The lowest BCUT2D eigenvalue weighted by Crippen LogP contribution is -2.45. The minimum atomic E-state index is -0.969. The van der Waals surface area contributed by atoms with Crippen LogP contribution in [-0.4, -0.2) is 30.3 Å². The molecule has 9 heteroatoms. The van der Waals surface area contributed by atoms with E-state index in [1.165, 1.54) is 0 Å². The molecule has 0 spiro atoms. The topological polar surface area (TPSA) is 124 Å². The quantitative estimate of drug-likeness (QED) is 0.779. The molecule has 8 nitrogen and oxygen atoms in total. The Morgan fingerprint density at radius 1 is 1.31 bits per heavy atom. The van der Waals surface area contributed by atoms with Crippen molar-refractivity contribution in [3.63, 3.8) is 0 Å². The molecule has 0 radical (unpaired) electrons. The lowest BCUT2D eigenvalue weighted by Gasteiger charge is -2.35. The van der Waals surface area contributed by atoms with Crippen LogP contribution in [0.1, 0.15) is 20.8 Å². The van der Waals surface area contributed by atoms with Gasteiger partial charge in [-0.05, 0) is 19.1 Å². The van der Waals surface area contributed by atoms with Crippen molar-refractivity contribution in [2.24, 2.45) is 11.3 Å². The Balaban J connectivity index is 1.75. The summed E-state index contributed by atoms with van der Waals surface area (Å²) in [4.78, 5) is 24.9. The first kappa shape index (κ1) is 20.6. The van der Waals surface area contributed by atoms with E-state index in [0.29, 0.717) is 35.4 Å². The maximum absolute atomic E-state index is 12.6. The molecule has 2 N–H and O–H groups in total. The Labute approximate surface area is 172 Å². The predicted molar refractivity (Wildman–Crippen MR) is 107 cm³/mol. The van der Waals surface area contributed by atoms with E-state index in [2.05, 4.69) is 16.7 Å². The van der Waals surface area contributed by atoms with Crippen LogP contribution in [0.5, 0.6) is 11.5 Å². The zero-order valence-electron chi connectivity index (χ0n) is 16.2. The number of hydrogen-bond acceptors (Lipinski definition) is 7. The normalized spacial score (nSPS) is 20.7. The van der Waals surface area contributed by atoms with Gasteiger partial charge in [0.05, 0.1) is 28.0 Å². The van der Waals surface area contributed by atoms with Gasteiger partial charge in [-0.1, -0.05) is 25.6 Å². The van der Waals surface area contributed by atoms with Gasteiger partial charge >= 0.3 is 0 Å². The molecule has 1 aromatic rings. The molecule has 3 rings (SSSR count). The van der Waals surface area contributed by atoms with Crippen LogP contribution in [0.3, 0.4) is 0 Å². The van der Waals surface area contributed by atoms with Gasteiger partial charge < -0.3 is 20.1 Å². The first-order valence-electron chi connectivity index (χ1n) is 9.00. The number of allylic oxidation sites excluding steroid dienone is 1. The van der Waals surface area contributed by atoms with Crippen LogP contribution in [0.4, 0.5) is 5.69 Å². The summed E-state index contributed by atoms with van der Waals surface area (Å²) >= 11 is 1.08. The minimum Gasteiger partial charge on any atom is -0.486 e. The van der Waals surface area contributed by atoms with Crippen LogP contribution >= 0.6 is 11.8 Å².